The lowest BCUT2D eigenvalue weighted by Gasteiger charge is -2.31. The summed E-state index contributed by atoms with van der Waals surface area (Å²) in [6.07, 6.45) is 6.12. The number of nitrogens with one attached hydrogen (secondary N) is 1. The molecule has 0 aliphatic heterocycles. The van der Waals surface area contributed by atoms with Gasteiger partial charge in [-0.25, -0.2) is 17.2 Å². The van der Waals surface area contributed by atoms with Gasteiger partial charge in [-0.2, -0.15) is 0 Å². The number of ether oxygens (including phenoxy) is 1. The Morgan fingerprint density at radius 3 is 2.31 bits per heavy atom. The number of methoxy groups -OCH3 is 1. The van der Waals surface area contributed by atoms with Crippen molar-refractivity contribution in [1.82, 2.24) is 10.2 Å². The second kappa shape index (κ2) is 13.7. The highest BCUT2D eigenvalue weighted by atomic mass is 32.2. The van der Waals surface area contributed by atoms with Crippen molar-refractivity contribution in [2.75, 3.05) is 24.2 Å². The average Bonchev–Trinajstić information content (AvgIpc) is 2.91. The van der Waals surface area contributed by atoms with E-state index < -0.39 is 27.7 Å². The lowest BCUT2D eigenvalue weighted by molar-refractivity contribution is -0.141. The number of hydrogen-bond donors (Lipinski definition) is 1. The molecule has 0 saturated heterocycles. The summed E-state index contributed by atoms with van der Waals surface area (Å²) in [4.78, 5) is 28.0. The zero-order chi connectivity index (χ0) is 28.6. The zero-order valence-corrected chi connectivity index (χ0v) is 23.5. The Balaban J connectivity index is 1.73. The van der Waals surface area contributed by atoms with E-state index in [9.17, 15) is 26.8 Å². The standard InChI is InChI=1S/C28H37F2N3O5S/c1-20(28(35)31-22-8-5-4-6-9-22)32(19-21-11-14-24(38-2)15-12-21)27(34)10-7-17-33(39(3,36)37)23-13-16-25(29)26(30)18-23/h11-16,18,20,22H,4-10,17,19H2,1-3H3,(H,31,35)/t20-/m0/s1. The summed E-state index contributed by atoms with van der Waals surface area (Å²) in [5, 5.41) is 3.08. The van der Waals surface area contributed by atoms with Gasteiger partial charge in [0.15, 0.2) is 11.6 Å². The van der Waals surface area contributed by atoms with Gasteiger partial charge in [0.1, 0.15) is 11.8 Å². The van der Waals surface area contributed by atoms with Crippen LogP contribution in [0, 0.1) is 11.6 Å². The average molecular weight is 566 g/mol. The summed E-state index contributed by atoms with van der Waals surface area (Å²) in [5.74, 6) is -2.14. The van der Waals surface area contributed by atoms with Gasteiger partial charge >= 0.3 is 0 Å². The van der Waals surface area contributed by atoms with E-state index >= 15 is 0 Å². The molecular weight excluding hydrogens is 528 g/mol. The van der Waals surface area contributed by atoms with Gasteiger partial charge < -0.3 is 15.0 Å². The van der Waals surface area contributed by atoms with E-state index in [0.29, 0.717) is 5.75 Å². The molecule has 214 valence electrons. The lowest BCUT2D eigenvalue weighted by atomic mass is 9.95. The molecule has 11 heteroatoms. The fraction of sp³-hybridized carbons (Fsp3) is 0.500. The number of carbonyl (C=O) groups excluding carboxylic acids is 2. The maximum absolute atomic E-state index is 13.8. The highest BCUT2D eigenvalue weighted by molar-refractivity contribution is 7.92. The first-order valence-electron chi connectivity index (χ1n) is 13.1. The molecule has 1 fully saturated rings. The van der Waals surface area contributed by atoms with E-state index in [1.165, 1.54) is 11.0 Å². The van der Waals surface area contributed by atoms with Crippen LogP contribution in [0.1, 0.15) is 57.4 Å². The third-order valence-electron chi connectivity index (χ3n) is 6.97. The predicted octanol–water partition coefficient (Wildman–Crippen LogP) is 4.39. The third-order valence-corrected chi connectivity index (χ3v) is 8.17. The van der Waals surface area contributed by atoms with Crippen molar-refractivity contribution in [3.63, 3.8) is 0 Å². The maximum Gasteiger partial charge on any atom is 0.242 e. The van der Waals surface area contributed by atoms with Crippen LogP contribution in [0.2, 0.25) is 0 Å². The molecule has 0 unspecified atom stereocenters. The van der Waals surface area contributed by atoms with Crippen molar-refractivity contribution in [2.45, 2.75) is 70.5 Å². The topological polar surface area (TPSA) is 96.0 Å². The van der Waals surface area contributed by atoms with Crippen molar-refractivity contribution < 1.29 is 31.5 Å². The van der Waals surface area contributed by atoms with E-state index in [-0.39, 0.29) is 49.5 Å². The Morgan fingerprint density at radius 1 is 1.05 bits per heavy atom. The van der Waals surface area contributed by atoms with Crippen LogP contribution < -0.4 is 14.4 Å². The fourth-order valence-corrected chi connectivity index (χ4v) is 5.68. The number of nitrogens with zero attached hydrogens (tertiary/aromatic N) is 2. The summed E-state index contributed by atoms with van der Waals surface area (Å²) in [6, 6.07) is 9.37. The van der Waals surface area contributed by atoms with Crippen LogP contribution in [0.4, 0.5) is 14.5 Å². The SMILES string of the molecule is COc1ccc(CN(C(=O)CCCN(c2ccc(F)c(F)c2)S(C)(=O)=O)[C@@H](C)C(=O)NC2CCCCC2)cc1. The zero-order valence-electron chi connectivity index (χ0n) is 22.7. The maximum atomic E-state index is 13.8. The van der Waals surface area contributed by atoms with Crippen LogP contribution in [0.3, 0.4) is 0 Å². The van der Waals surface area contributed by atoms with E-state index in [2.05, 4.69) is 5.32 Å². The number of amides is 2. The van der Waals surface area contributed by atoms with Gasteiger partial charge in [0.25, 0.3) is 0 Å². The molecule has 1 N–H and O–H groups in total. The number of carbonyl (C=O) groups is 2. The van der Waals surface area contributed by atoms with Gasteiger partial charge in [0.05, 0.1) is 19.1 Å². The molecule has 1 aliphatic rings. The first-order valence-corrected chi connectivity index (χ1v) is 15.0. The molecule has 1 saturated carbocycles. The van der Waals surface area contributed by atoms with Gasteiger partial charge in [-0.1, -0.05) is 31.4 Å². The molecule has 8 nitrogen and oxygen atoms in total. The highest BCUT2D eigenvalue weighted by Crippen LogP contribution is 2.22. The van der Waals surface area contributed by atoms with Crippen molar-refractivity contribution >= 4 is 27.5 Å². The molecular formula is C28H37F2N3O5S. The van der Waals surface area contributed by atoms with Crippen LogP contribution in [0.25, 0.3) is 0 Å². The summed E-state index contributed by atoms with van der Waals surface area (Å²) in [7, 11) is -2.27. The number of benzene rings is 2. The summed E-state index contributed by atoms with van der Waals surface area (Å²) < 4.78 is 58.0. The Labute approximate surface area is 229 Å². The van der Waals surface area contributed by atoms with Gasteiger partial charge in [0, 0.05) is 31.6 Å². The molecule has 0 radical (unpaired) electrons. The van der Waals surface area contributed by atoms with E-state index in [1.54, 1.807) is 26.2 Å². The molecule has 0 spiro atoms. The Bertz CT molecular complexity index is 1230. The number of rotatable bonds is 12. The second-order valence-electron chi connectivity index (χ2n) is 9.93. The molecule has 1 atom stereocenters. The number of hydrogen-bond acceptors (Lipinski definition) is 5. The van der Waals surface area contributed by atoms with Crippen molar-refractivity contribution in [3.8, 4) is 5.75 Å². The summed E-state index contributed by atoms with van der Waals surface area (Å²) >= 11 is 0. The molecule has 3 rings (SSSR count). The van der Waals surface area contributed by atoms with Crippen molar-refractivity contribution in [2.24, 2.45) is 0 Å². The van der Waals surface area contributed by atoms with E-state index in [4.69, 9.17) is 4.74 Å². The van der Waals surface area contributed by atoms with Crippen LogP contribution in [-0.2, 0) is 26.2 Å². The first kappa shape index (κ1) is 30.3. The molecule has 0 heterocycles. The molecule has 0 bridgehead atoms. The largest absolute Gasteiger partial charge is 0.497 e. The predicted molar refractivity (Wildman–Crippen MR) is 146 cm³/mol. The molecule has 39 heavy (non-hydrogen) atoms. The Morgan fingerprint density at radius 2 is 1.72 bits per heavy atom. The lowest BCUT2D eigenvalue weighted by Crippen LogP contribution is -2.50. The minimum Gasteiger partial charge on any atom is -0.497 e. The molecule has 2 amide bonds. The quantitative estimate of drug-likeness (QED) is 0.412. The van der Waals surface area contributed by atoms with E-state index in [0.717, 1.165) is 60.4 Å². The monoisotopic (exact) mass is 565 g/mol. The van der Waals surface area contributed by atoms with Crippen molar-refractivity contribution in [1.29, 1.82) is 0 Å². The third kappa shape index (κ3) is 8.64. The van der Waals surface area contributed by atoms with Gasteiger partial charge in [-0.3, -0.25) is 13.9 Å². The summed E-state index contributed by atoms with van der Waals surface area (Å²) in [5.41, 5.74) is 0.778. The smallest absolute Gasteiger partial charge is 0.242 e. The Kier molecular flexibility index (Phi) is 10.7. The normalized spacial score (nSPS) is 14.9. The van der Waals surface area contributed by atoms with Crippen molar-refractivity contribution in [3.05, 3.63) is 59.7 Å². The van der Waals surface area contributed by atoms with E-state index in [1.807, 2.05) is 12.1 Å². The number of anilines is 1. The minimum absolute atomic E-state index is 0.0286. The fourth-order valence-electron chi connectivity index (χ4n) is 4.72. The van der Waals surface area contributed by atoms with Crippen LogP contribution in [0.5, 0.6) is 5.75 Å². The molecule has 0 aromatic heterocycles. The number of halogens is 2. The molecule has 2 aromatic rings. The summed E-state index contributed by atoms with van der Waals surface area (Å²) in [6.45, 7) is 1.75. The molecule has 1 aliphatic carbocycles. The van der Waals surface area contributed by atoms with Crippen LogP contribution in [0.15, 0.2) is 42.5 Å². The van der Waals surface area contributed by atoms with Crippen LogP contribution >= 0.6 is 0 Å². The minimum atomic E-state index is -3.82. The van der Waals surface area contributed by atoms with Gasteiger partial charge in [-0.15, -0.1) is 0 Å². The highest BCUT2D eigenvalue weighted by Gasteiger charge is 2.28. The number of sulfonamides is 1. The Hall–Kier alpha value is -3.21. The van der Waals surface area contributed by atoms with Gasteiger partial charge in [-0.05, 0) is 56.0 Å². The first-order chi connectivity index (χ1) is 18.5. The second-order valence-corrected chi connectivity index (χ2v) is 11.8. The van der Waals surface area contributed by atoms with Crippen LogP contribution in [-0.4, -0.2) is 57.1 Å². The molecule has 2 aromatic carbocycles. The van der Waals surface area contributed by atoms with Gasteiger partial charge in [0.2, 0.25) is 21.8 Å².